The van der Waals surface area contributed by atoms with Gasteiger partial charge in [-0.1, -0.05) is 32.4 Å². The minimum atomic E-state index is -0.314. The van der Waals surface area contributed by atoms with Gasteiger partial charge in [-0.15, -0.1) is 10.2 Å². The van der Waals surface area contributed by atoms with E-state index in [1.54, 1.807) is 29.4 Å². The maximum Gasteiger partial charge on any atom is 0.253 e. The summed E-state index contributed by atoms with van der Waals surface area (Å²) in [6.07, 6.45) is 4.03. The predicted molar refractivity (Wildman–Crippen MR) is 92.0 cm³/mol. The molecule has 6 heteroatoms. The molecule has 0 aliphatic carbocycles. The van der Waals surface area contributed by atoms with Crippen LogP contribution in [0.3, 0.4) is 0 Å². The lowest BCUT2D eigenvalue weighted by Gasteiger charge is -2.33. The van der Waals surface area contributed by atoms with Gasteiger partial charge in [-0.3, -0.25) is 9.36 Å². The number of nitrogens with zero attached hydrogens (tertiary/aromatic N) is 3. The summed E-state index contributed by atoms with van der Waals surface area (Å²) in [4.78, 5) is 12.5. The van der Waals surface area contributed by atoms with E-state index in [0.717, 1.165) is 12.1 Å². The van der Waals surface area contributed by atoms with E-state index in [2.05, 4.69) is 36.3 Å². The average Bonchev–Trinajstić information content (AvgIpc) is 2.88. The van der Waals surface area contributed by atoms with Crippen LogP contribution in [0.5, 0.6) is 0 Å². The molecule has 0 aliphatic heterocycles. The van der Waals surface area contributed by atoms with Crippen molar-refractivity contribution in [3.63, 3.8) is 0 Å². The molecular formula is C17H23ClN4O. The molecule has 5 nitrogen and oxygen atoms in total. The predicted octanol–water partition coefficient (Wildman–Crippen LogP) is 3.87. The molecule has 0 radical (unpaired) electrons. The van der Waals surface area contributed by atoms with Crippen LogP contribution in [0.1, 0.15) is 51.4 Å². The standard InChI is InChI=1S/C17H23ClN4O/c1-16(2,3)9-17(4,5)21-15(23)13-7-6-12(8-14(13)18)22-10-19-20-11-22/h6-8,10-11H,9H2,1-5H3,(H,21,23). The third-order valence-corrected chi connectivity index (χ3v) is 3.65. The topological polar surface area (TPSA) is 59.8 Å². The molecule has 0 aliphatic rings. The second kappa shape index (κ2) is 6.32. The Balaban J connectivity index is 2.17. The maximum absolute atomic E-state index is 12.5. The highest BCUT2D eigenvalue weighted by Crippen LogP contribution is 2.28. The van der Waals surface area contributed by atoms with E-state index >= 15 is 0 Å². The van der Waals surface area contributed by atoms with Gasteiger partial charge in [0.15, 0.2) is 0 Å². The van der Waals surface area contributed by atoms with Crippen LogP contribution >= 0.6 is 11.6 Å². The van der Waals surface area contributed by atoms with E-state index in [4.69, 9.17) is 11.6 Å². The quantitative estimate of drug-likeness (QED) is 0.923. The van der Waals surface area contributed by atoms with Crippen LogP contribution < -0.4 is 5.32 Å². The van der Waals surface area contributed by atoms with Crippen LogP contribution in [0, 0.1) is 5.41 Å². The van der Waals surface area contributed by atoms with Crippen LogP contribution in [-0.2, 0) is 0 Å². The molecule has 0 saturated carbocycles. The van der Waals surface area contributed by atoms with Gasteiger partial charge in [-0.05, 0) is 43.9 Å². The van der Waals surface area contributed by atoms with Gasteiger partial charge in [-0.25, -0.2) is 0 Å². The van der Waals surface area contributed by atoms with Crippen molar-refractivity contribution >= 4 is 17.5 Å². The number of hydrogen-bond donors (Lipinski definition) is 1. The highest BCUT2D eigenvalue weighted by molar-refractivity contribution is 6.34. The molecule has 1 amide bonds. The average molecular weight is 335 g/mol. The molecule has 0 bridgehead atoms. The number of benzene rings is 1. The number of nitrogens with one attached hydrogen (secondary N) is 1. The Morgan fingerprint density at radius 3 is 2.30 bits per heavy atom. The zero-order valence-electron chi connectivity index (χ0n) is 14.2. The molecule has 0 atom stereocenters. The summed E-state index contributed by atoms with van der Waals surface area (Å²) in [5.74, 6) is -0.167. The first kappa shape index (κ1) is 17.5. The summed E-state index contributed by atoms with van der Waals surface area (Å²) in [5.41, 5.74) is 1.08. The summed E-state index contributed by atoms with van der Waals surface area (Å²) in [5, 5.41) is 11.0. The van der Waals surface area contributed by atoms with Crippen molar-refractivity contribution < 1.29 is 4.79 Å². The number of rotatable bonds is 4. The molecule has 1 heterocycles. The van der Waals surface area contributed by atoms with Gasteiger partial charge in [-0.2, -0.15) is 0 Å². The number of hydrogen-bond acceptors (Lipinski definition) is 3. The lowest BCUT2D eigenvalue weighted by molar-refractivity contribution is 0.0891. The van der Waals surface area contributed by atoms with Crippen molar-refractivity contribution in [1.29, 1.82) is 0 Å². The van der Waals surface area contributed by atoms with Gasteiger partial charge < -0.3 is 5.32 Å². The zero-order chi connectivity index (χ0) is 17.3. The fraction of sp³-hybridized carbons (Fsp3) is 0.471. The highest BCUT2D eigenvalue weighted by Gasteiger charge is 2.28. The van der Waals surface area contributed by atoms with Gasteiger partial charge in [0, 0.05) is 11.2 Å². The Labute approximate surface area is 142 Å². The molecule has 23 heavy (non-hydrogen) atoms. The van der Waals surface area contributed by atoms with Crippen LogP contribution in [0.25, 0.3) is 5.69 Å². The van der Waals surface area contributed by atoms with Gasteiger partial charge in [0.05, 0.1) is 10.6 Å². The number of carbonyl (C=O) groups excluding carboxylic acids is 1. The molecule has 1 aromatic heterocycles. The molecule has 0 spiro atoms. The van der Waals surface area contributed by atoms with Crippen molar-refractivity contribution in [2.45, 2.75) is 46.6 Å². The third-order valence-electron chi connectivity index (χ3n) is 3.34. The van der Waals surface area contributed by atoms with E-state index in [1.165, 1.54) is 0 Å². The largest absolute Gasteiger partial charge is 0.347 e. The van der Waals surface area contributed by atoms with Gasteiger partial charge in [0.25, 0.3) is 5.91 Å². The van der Waals surface area contributed by atoms with Crippen LogP contribution in [-0.4, -0.2) is 26.2 Å². The second-order valence-electron chi connectivity index (χ2n) is 7.61. The van der Waals surface area contributed by atoms with Gasteiger partial charge in [0.2, 0.25) is 0 Å². The molecule has 2 rings (SSSR count). The Morgan fingerprint density at radius 2 is 1.78 bits per heavy atom. The van der Waals surface area contributed by atoms with E-state index < -0.39 is 0 Å². The Bertz CT molecular complexity index is 687. The first-order valence-electron chi connectivity index (χ1n) is 7.54. The van der Waals surface area contributed by atoms with Crippen molar-refractivity contribution in [2.75, 3.05) is 0 Å². The van der Waals surface area contributed by atoms with Gasteiger partial charge in [0.1, 0.15) is 12.7 Å². The molecule has 0 saturated heterocycles. The first-order chi connectivity index (χ1) is 10.6. The number of amides is 1. The maximum atomic E-state index is 12.5. The SMILES string of the molecule is CC(C)(C)CC(C)(C)NC(=O)c1ccc(-n2cnnc2)cc1Cl. The van der Waals surface area contributed by atoms with E-state index in [1.807, 2.05) is 19.9 Å². The summed E-state index contributed by atoms with van der Waals surface area (Å²) in [6.45, 7) is 10.5. The van der Waals surface area contributed by atoms with Crippen LogP contribution in [0.4, 0.5) is 0 Å². The fourth-order valence-corrected chi connectivity index (χ4v) is 3.19. The zero-order valence-corrected chi connectivity index (χ0v) is 15.0. The minimum absolute atomic E-state index is 0.124. The van der Waals surface area contributed by atoms with Crippen molar-refractivity contribution in [3.8, 4) is 5.69 Å². The van der Waals surface area contributed by atoms with Crippen molar-refractivity contribution in [3.05, 3.63) is 41.4 Å². The normalized spacial score (nSPS) is 12.3. The molecule has 0 unspecified atom stereocenters. The first-order valence-corrected chi connectivity index (χ1v) is 7.92. The van der Waals surface area contributed by atoms with E-state index in [0.29, 0.717) is 10.6 Å². The monoisotopic (exact) mass is 334 g/mol. The van der Waals surface area contributed by atoms with E-state index in [9.17, 15) is 4.79 Å². The van der Waals surface area contributed by atoms with Crippen LogP contribution in [0.2, 0.25) is 5.02 Å². The summed E-state index contributed by atoms with van der Waals surface area (Å²) >= 11 is 6.29. The Hall–Kier alpha value is -1.88. The lowest BCUT2D eigenvalue weighted by Crippen LogP contribution is -2.45. The highest BCUT2D eigenvalue weighted by atomic mass is 35.5. The van der Waals surface area contributed by atoms with Gasteiger partial charge >= 0.3 is 0 Å². The Morgan fingerprint density at radius 1 is 1.17 bits per heavy atom. The molecule has 124 valence electrons. The molecular weight excluding hydrogens is 312 g/mol. The Kier molecular flexibility index (Phi) is 4.80. The summed E-state index contributed by atoms with van der Waals surface area (Å²) in [6, 6.07) is 5.28. The van der Waals surface area contributed by atoms with Crippen LogP contribution in [0.15, 0.2) is 30.9 Å². The third kappa shape index (κ3) is 4.79. The summed E-state index contributed by atoms with van der Waals surface area (Å²) in [7, 11) is 0. The number of halogens is 1. The minimum Gasteiger partial charge on any atom is -0.347 e. The van der Waals surface area contributed by atoms with Crippen molar-refractivity contribution in [1.82, 2.24) is 20.1 Å². The smallest absolute Gasteiger partial charge is 0.253 e. The molecule has 2 aromatic rings. The molecule has 0 fully saturated rings. The fourth-order valence-electron chi connectivity index (χ4n) is 2.93. The molecule has 1 N–H and O–H groups in total. The number of carbonyl (C=O) groups is 1. The molecule has 1 aromatic carbocycles. The van der Waals surface area contributed by atoms with E-state index in [-0.39, 0.29) is 16.9 Å². The lowest BCUT2D eigenvalue weighted by atomic mass is 9.81. The number of aromatic nitrogens is 3. The van der Waals surface area contributed by atoms with Crippen molar-refractivity contribution in [2.24, 2.45) is 5.41 Å². The second-order valence-corrected chi connectivity index (χ2v) is 8.02. The summed E-state index contributed by atoms with van der Waals surface area (Å²) < 4.78 is 1.73.